The Kier molecular flexibility index (Phi) is 7.66. The number of rotatable bonds is 8. The maximum atomic E-state index is 12.4. The van der Waals surface area contributed by atoms with E-state index < -0.39 is 11.9 Å². The zero-order valence-corrected chi connectivity index (χ0v) is 17.9. The van der Waals surface area contributed by atoms with Gasteiger partial charge in [0.2, 0.25) is 0 Å². The summed E-state index contributed by atoms with van der Waals surface area (Å²) in [5, 5.41) is 13.9. The molecule has 162 valence electrons. The molecule has 1 heterocycles. The average Bonchev–Trinajstić information content (AvgIpc) is 2.96. The Labute approximate surface area is 184 Å². The molecule has 4 N–H and O–H groups in total. The van der Waals surface area contributed by atoms with Crippen molar-refractivity contribution in [1.29, 1.82) is 5.41 Å². The maximum absolute atomic E-state index is 12.4. The molecule has 0 spiro atoms. The lowest BCUT2D eigenvalue weighted by atomic mass is 10.0. The predicted molar refractivity (Wildman–Crippen MR) is 121 cm³/mol. The quantitative estimate of drug-likeness (QED) is 0.369. The third-order valence-electron chi connectivity index (χ3n) is 4.64. The number of carbonyl (C=O) groups is 3. The summed E-state index contributed by atoms with van der Waals surface area (Å²) in [5.74, 6) is -0.418. The number of ether oxygens (including phenoxy) is 1. The van der Waals surface area contributed by atoms with Gasteiger partial charge in [0.15, 0.2) is 0 Å². The number of hydrogen-bond donors (Lipinski definition) is 4. The molecule has 0 saturated carbocycles. The van der Waals surface area contributed by atoms with Crippen LogP contribution >= 0.6 is 11.9 Å². The van der Waals surface area contributed by atoms with Gasteiger partial charge in [-0.05, 0) is 23.8 Å². The highest BCUT2D eigenvalue weighted by molar-refractivity contribution is 7.97. The van der Waals surface area contributed by atoms with Crippen LogP contribution in [0.3, 0.4) is 0 Å². The molecule has 0 bridgehead atoms. The Balaban J connectivity index is 1.52. The summed E-state index contributed by atoms with van der Waals surface area (Å²) in [6, 6.07) is 13.9. The van der Waals surface area contributed by atoms with Crippen molar-refractivity contribution in [3.05, 3.63) is 59.7 Å². The fourth-order valence-corrected chi connectivity index (χ4v) is 3.40. The van der Waals surface area contributed by atoms with Crippen molar-refractivity contribution < 1.29 is 19.1 Å². The molecule has 1 unspecified atom stereocenters. The van der Waals surface area contributed by atoms with Crippen LogP contribution in [0.1, 0.15) is 22.3 Å². The number of anilines is 1. The first-order valence-corrected chi connectivity index (χ1v) is 11.0. The summed E-state index contributed by atoms with van der Waals surface area (Å²) in [4.78, 5) is 36.5. The molecule has 0 saturated heterocycles. The van der Waals surface area contributed by atoms with Crippen LogP contribution in [0.2, 0.25) is 0 Å². The zero-order chi connectivity index (χ0) is 22.2. The highest BCUT2D eigenvalue weighted by atomic mass is 32.2. The van der Waals surface area contributed by atoms with Crippen molar-refractivity contribution in [2.45, 2.75) is 18.9 Å². The smallest absolute Gasteiger partial charge is 0.265 e. The lowest BCUT2D eigenvalue weighted by molar-refractivity contribution is -0.119. The molecule has 2 aromatic rings. The van der Waals surface area contributed by atoms with Gasteiger partial charge in [-0.2, -0.15) is 0 Å². The summed E-state index contributed by atoms with van der Waals surface area (Å²) in [7, 11) is 0. The fourth-order valence-electron chi connectivity index (χ4n) is 3.10. The molecule has 9 heteroatoms. The molecular weight excluding hydrogens is 416 g/mol. The number of benzene rings is 2. The molecule has 3 rings (SSSR count). The highest BCUT2D eigenvalue weighted by Gasteiger charge is 2.22. The molecule has 2 aromatic carbocycles. The third-order valence-corrected chi connectivity index (χ3v) is 5.03. The van der Waals surface area contributed by atoms with E-state index in [2.05, 4.69) is 15.4 Å². The number of Topliss-reactive ketones (excluding diaryl/α,β-unsaturated/α-hetero) is 1. The second kappa shape index (κ2) is 10.6. The molecule has 1 aliphatic rings. The summed E-state index contributed by atoms with van der Waals surface area (Å²) < 4.78 is 8.41. The van der Waals surface area contributed by atoms with E-state index >= 15 is 0 Å². The second-order valence-electron chi connectivity index (χ2n) is 7.06. The van der Waals surface area contributed by atoms with Crippen LogP contribution in [0.5, 0.6) is 5.75 Å². The minimum Gasteiger partial charge on any atom is -0.489 e. The molecule has 0 radical (unpaired) electrons. The van der Waals surface area contributed by atoms with Gasteiger partial charge in [-0.3, -0.25) is 24.5 Å². The van der Waals surface area contributed by atoms with E-state index in [-0.39, 0.29) is 36.9 Å². The van der Waals surface area contributed by atoms with Gasteiger partial charge in [-0.1, -0.05) is 42.3 Å². The SMILES string of the molecule is CSNC(=O)c1ccc2c(c1)NCC(NC(=O)C(=N)CC(=O)Cc1ccccc1)CO2. The monoisotopic (exact) mass is 440 g/mol. The van der Waals surface area contributed by atoms with E-state index in [1.807, 2.05) is 30.3 Å². The van der Waals surface area contributed by atoms with Crippen LogP contribution in [0.15, 0.2) is 48.5 Å². The van der Waals surface area contributed by atoms with Gasteiger partial charge in [0.1, 0.15) is 23.9 Å². The highest BCUT2D eigenvalue weighted by Crippen LogP contribution is 2.28. The van der Waals surface area contributed by atoms with Crippen molar-refractivity contribution in [1.82, 2.24) is 10.0 Å². The molecule has 0 aliphatic carbocycles. The van der Waals surface area contributed by atoms with Crippen molar-refractivity contribution in [3.63, 3.8) is 0 Å². The largest absolute Gasteiger partial charge is 0.489 e. The number of amides is 2. The fraction of sp³-hybridized carbons (Fsp3) is 0.273. The molecule has 1 aliphatic heterocycles. The van der Waals surface area contributed by atoms with Crippen molar-refractivity contribution in [2.24, 2.45) is 0 Å². The van der Waals surface area contributed by atoms with E-state index in [9.17, 15) is 14.4 Å². The minimum atomic E-state index is -0.595. The van der Waals surface area contributed by atoms with E-state index in [1.54, 1.807) is 24.5 Å². The predicted octanol–water partition coefficient (Wildman–Crippen LogP) is 2.21. The molecule has 31 heavy (non-hydrogen) atoms. The summed E-state index contributed by atoms with van der Waals surface area (Å²) in [5.41, 5.74) is 1.72. The summed E-state index contributed by atoms with van der Waals surface area (Å²) in [6.45, 7) is 0.560. The van der Waals surface area contributed by atoms with Crippen molar-refractivity contribution >= 4 is 40.9 Å². The summed E-state index contributed by atoms with van der Waals surface area (Å²) >= 11 is 1.22. The summed E-state index contributed by atoms with van der Waals surface area (Å²) in [6.07, 6.45) is 1.73. The van der Waals surface area contributed by atoms with Gasteiger partial charge in [-0.25, -0.2) is 0 Å². The lowest BCUT2D eigenvalue weighted by Gasteiger charge is -2.16. The van der Waals surface area contributed by atoms with Crippen LogP contribution in [-0.2, 0) is 16.0 Å². The molecule has 8 nitrogen and oxygen atoms in total. The second-order valence-corrected chi connectivity index (χ2v) is 7.68. The average molecular weight is 441 g/mol. The zero-order valence-electron chi connectivity index (χ0n) is 17.1. The number of carbonyl (C=O) groups excluding carboxylic acids is 3. The van der Waals surface area contributed by atoms with Crippen molar-refractivity contribution in [2.75, 3.05) is 24.7 Å². The Hall–Kier alpha value is -3.33. The first-order chi connectivity index (χ1) is 15.0. The molecule has 1 atom stereocenters. The van der Waals surface area contributed by atoms with Gasteiger partial charge >= 0.3 is 0 Å². The normalized spacial score (nSPS) is 14.8. The van der Waals surface area contributed by atoms with Crippen LogP contribution in [0, 0.1) is 5.41 Å². The molecular formula is C22H24N4O4S. The minimum absolute atomic E-state index is 0.187. The first-order valence-electron chi connectivity index (χ1n) is 9.74. The maximum Gasteiger partial charge on any atom is 0.265 e. The number of nitrogens with one attached hydrogen (secondary N) is 4. The van der Waals surface area contributed by atoms with E-state index in [0.717, 1.165) is 5.56 Å². The number of hydrogen-bond acceptors (Lipinski definition) is 7. The molecule has 0 aromatic heterocycles. The Morgan fingerprint density at radius 3 is 2.71 bits per heavy atom. The molecule has 0 fully saturated rings. The van der Waals surface area contributed by atoms with Gasteiger partial charge < -0.3 is 15.4 Å². The first kappa shape index (κ1) is 22.4. The van der Waals surface area contributed by atoms with E-state index in [1.165, 1.54) is 11.9 Å². The van der Waals surface area contributed by atoms with E-state index in [4.69, 9.17) is 10.1 Å². The Morgan fingerprint density at radius 1 is 1.19 bits per heavy atom. The topological polar surface area (TPSA) is 120 Å². The van der Waals surface area contributed by atoms with Crippen molar-refractivity contribution in [3.8, 4) is 5.75 Å². The van der Waals surface area contributed by atoms with E-state index in [0.29, 0.717) is 23.5 Å². The standard InChI is InChI=1S/C22H24N4O4S/c1-31-26-21(28)15-7-8-20-19(10-15)24-12-16(13-30-20)25-22(29)18(23)11-17(27)9-14-5-3-2-4-6-14/h2-8,10,16,23-24H,9,11-13H2,1H3,(H,25,29)(H,26,28). The Morgan fingerprint density at radius 2 is 1.97 bits per heavy atom. The van der Waals surface area contributed by atoms with Gasteiger partial charge in [0.05, 0.1) is 18.2 Å². The molecule has 2 amide bonds. The van der Waals surface area contributed by atoms with Crippen LogP contribution in [0.25, 0.3) is 0 Å². The van der Waals surface area contributed by atoms with Gasteiger partial charge in [-0.15, -0.1) is 0 Å². The number of ketones is 1. The number of fused-ring (bicyclic) bond motifs is 1. The third kappa shape index (κ3) is 6.32. The van der Waals surface area contributed by atoms with Crippen LogP contribution in [-0.4, -0.2) is 48.8 Å². The van der Waals surface area contributed by atoms with Gasteiger partial charge in [0, 0.05) is 24.8 Å². The Bertz CT molecular complexity index is 981. The van der Waals surface area contributed by atoms with Crippen LogP contribution in [0.4, 0.5) is 5.69 Å². The lowest BCUT2D eigenvalue weighted by Crippen LogP contribution is -2.45. The van der Waals surface area contributed by atoms with Gasteiger partial charge in [0.25, 0.3) is 11.8 Å². The van der Waals surface area contributed by atoms with Crippen LogP contribution < -0.4 is 20.1 Å².